The van der Waals surface area contributed by atoms with Crippen molar-refractivity contribution in [2.75, 3.05) is 40.4 Å². The normalized spacial score (nSPS) is 19.1. The molecule has 1 fully saturated rings. The van der Waals surface area contributed by atoms with Crippen molar-refractivity contribution < 1.29 is 4.74 Å². The summed E-state index contributed by atoms with van der Waals surface area (Å²) >= 11 is 1.84. The van der Waals surface area contributed by atoms with E-state index in [0.717, 1.165) is 12.5 Å². The van der Waals surface area contributed by atoms with Gasteiger partial charge in [-0.05, 0) is 44.3 Å². The first-order valence-corrected chi connectivity index (χ1v) is 8.86. The van der Waals surface area contributed by atoms with Gasteiger partial charge in [-0.25, -0.2) is 0 Å². The van der Waals surface area contributed by atoms with Gasteiger partial charge in [0.2, 0.25) is 0 Å². The van der Waals surface area contributed by atoms with Crippen LogP contribution in [0.3, 0.4) is 0 Å². The van der Waals surface area contributed by atoms with Crippen LogP contribution < -0.4 is 10.6 Å². The molecule has 2 atom stereocenters. The molecule has 22 heavy (non-hydrogen) atoms. The highest BCUT2D eigenvalue weighted by atomic mass is 32.1. The summed E-state index contributed by atoms with van der Waals surface area (Å²) in [5.74, 6) is 0.838. The zero-order chi connectivity index (χ0) is 15.8. The Morgan fingerprint density at radius 3 is 2.82 bits per heavy atom. The monoisotopic (exact) mass is 324 g/mol. The molecule has 0 bridgehead atoms. The third kappa shape index (κ3) is 4.97. The lowest BCUT2D eigenvalue weighted by atomic mass is 10.2. The fourth-order valence-corrected chi connectivity index (χ4v) is 3.72. The summed E-state index contributed by atoms with van der Waals surface area (Å²) in [6.45, 7) is 6.02. The summed E-state index contributed by atoms with van der Waals surface area (Å²) in [5, 5.41) is 8.99. The molecule has 1 aromatic rings. The standard InChI is InChI=1S/C16H28N4OS/c1-13(12-21-3)19-16(17-2)18-11-14(15-7-6-10-22-15)20-8-4-5-9-20/h6-7,10,13-14H,4-5,8-9,11-12H2,1-3H3,(H2,17,18,19). The largest absolute Gasteiger partial charge is 0.383 e. The average molecular weight is 324 g/mol. The van der Waals surface area contributed by atoms with Crippen LogP contribution in [0, 0.1) is 0 Å². The van der Waals surface area contributed by atoms with E-state index in [1.165, 1.54) is 30.8 Å². The van der Waals surface area contributed by atoms with Crippen molar-refractivity contribution in [1.82, 2.24) is 15.5 Å². The van der Waals surface area contributed by atoms with Crippen LogP contribution in [0.5, 0.6) is 0 Å². The summed E-state index contributed by atoms with van der Waals surface area (Å²) in [6.07, 6.45) is 2.61. The van der Waals surface area contributed by atoms with Crippen molar-refractivity contribution in [3.63, 3.8) is 0 Å². The van der Waals surface area contributed by atoms with Gasteiger partial charge in [0.25, 0.3) is 0 Å². The Morgan fingerprint density at radius 1 is 1.45 bits per heavy atom. The van der Waals surface area contributed by atoms with E-state index in [-0.39, 0.29) is 6.04 Å². The van der Waals surface area contributed by atoms with E-state index in [9.17, 15) is 0 Å². The van der Waals surface area contributed by atoms with E-state index >= 15 is 0 Å². The van der Waals surface area contributed by atoms with Crippen LogP contribution >= 0.6 is 11.3 Å². The molecule has 2 unspecified atom stereocenters. The van der Waals surface area contributed by atoms with E-state index in [1.54, 1.807) is 7.11 Å². The molecule has 2 heterocycles. The maximum atomic E-state index is 5.16. The number of likely N-dealkylation sites (tertiary alicyclic amines) is 1. The molecular weight excluding hydrogens is 296 g/mol. The predicted molar refractivity (Wildman–Crippen MR) is 93.7 cm³/mol. The van der Waals surface area contributed by atoms with Gasteiger partial charge in [0, 0.05) is 31.6 Å². The van der Waals surface area contributed by atoms with Crippen LogP contribution in [0.2, 0.25) is 0 Å². The number of nitrogens with zero attached hydrogens (tertiary/aromatic N) is 2. The Hall–Kier alpha value is -1.11. The highest BCUT2D eigenvalue weighted by Gasteiger charge is 2.24. The molecule has 0 aromatic carbocycles. The van der Waals surface area contributed by atoms with Gasteiger partial charge in [-0.1, -0.05) is 6.07 Å². The lowest BCUT2D eigenvalue weighted by molar-refractivity contribution is 0.178. The lowest BCUT2D eigenvalue weighted by Crippen LogP contribution is -2.46. The Morgan fingerprint density at radius 2 is 2.23 bits per heavy atom. The molecule has 1 aliphatic rings. The summed E-state index contributed by atoms with van der Waals surface area (Å²) < 4.78 is 5.16. The third-order valence-electron chi connectivity index (χ3n) is 3.94. The molecule has 0 aliphatic carbocycles. The Labute approximate surface area is 137 Å². The second-order valence-corrected chi connectivity index (χ2v) is 6.71. The van der Waals surface area contributed by atoms with Crippen LogP contribution in [0.15, 0.2) is 22.5 Å². The van der Waals surface area contributed by atoms with Crippen molar-refractivity contribution in [1.29, 1.82) is 0 Å². The molecule has 0 radical (unpaired) electrons. The number of rotatable bonds is 7. The molecule has 0 amide bonds. The van der Waals surface area contributed by atoms with E-state index in [1.807, 2.05) is 18.4 Å². The number of thiophene rings is 1. The summed E-state index contributed by atoms with van der Waals surface area (Å²) in [4.78, 5) is 8.31. The average Bonchev–Trinajstić information content (AvgIpc) is 3.20. The molecule has 1 aromatic heterocycles. The number of aliphatic imine (C=N–C) groups is 1. The lowest BCUT2D eigenvalue weighted by Gasteiger charge is -2.28. The van der Waals surface area contributed by atoms with E-state index in [2.05, 4.69) is 45.0 Å². The minimum atomic E-state index is 0.239. The van der Waals surface area contributed by atoms with Gasteiger partial charge in [0.1, 0.15) is 0 Å². The predicted octanol–water partition coefficient (Wildman–Crippen LogP) is 2.08. The molecular formula is C16H28N4OS. The first kappa shape index (κ1) is 17.2. The van der Waals surface area contributed by atoms with Crippen molar-refractivity contribution in [3.05, 3.63) is 22.4 Å². The topological polar surface area (TPSA) is 48.9 Å². The van der Waals surface area contributed by atoms with Crippen molar-refractivity contribution >= 4 is 17.3 Å². The molecule has 124 valence electrons. The fraction of sp³-hybridized carbons (Fsp3) is 0.688. The van der Waals surface area contributed by atoms with Crippen LogP contribution in [0.1, 0.15) is 30.7 Å². The van der Waals surface area contributed by atoms with Crippen LogP contribution in [-0.2, 0) is 4.74 Å². The quantitative estimate of drug-likeness (QED) is 0.596. The highest BCUT2D eigenvalue weighted by molar-refractivity contribution is 7.10. The smallest absolute Gasteiger partial charge is 0.191 e. The number of guanidine groups is 1. The van der Waals surface area contributed by atoms with Gasteiger partial charge in [0.05, 0.1) is 12.6 Å². The molecule has 5 nitrogen and oxygen atoms in total. The van der Waals surface area contributed by atoms with Crippen LogP contribution in [0.4, 0.5) is 0 Å². The molecule has 2 N–H and O–H groups in total. The third-order valence-corrected chi connectivity index (χ3v) is 4.91. The van der Waals surface area contributed by atoms with Gasteiger partial charge in [-0.15, -0.1) is 11.3 Å². The van der Waals surface area contributed by atoms with Gasteiger partial charge in [-0.3, -0.25) is 9.89 Å². The zero-order valence-corrected chi connectivity index (χ0v) is 14.7. The first-order chi connectivity index (χ1) is 10.7. The number of methoxy groups -OCH3 is 1. The number of hydrogen-bond donors (Lipinski definition) is 2. The second kappa shape index (κ2) is 9.12. The SMILES string of the molecule is CN=C(NCC(c1cccs1)N1CCCC1)NC(C)COC. The maximum absolute atomic E-state index is 5.16. The van der Waals surface area contributed by atoms with Gasteiger partial charge < -0.3 is 15.4 Å². The molecule has 1 aliphatic heterocycles. The molecule has 0 saturated carbocycles. The Balaban J connectivity index is 1.92. The summed E-state index contributed by atoms with van der Waals surface area (Å²) in [5.41, 5.74) is 0. The number of nitrogens with one attached hydrogen (secondary N) is 2. The minimum absolute atomic E-state index is 0.239. The van der Waals surface area contributed by atoms with Crippen molar-refractivity contribution in [2.45, 2.75) is 31.8 Å². The van der Waals surface area contributed by atoms with Crippen molar-refractivity contribution in [2.24, 2.45) is 4.99 Å². The van der Waals surface area contributed by atoms with E-state index < -0.39 is 0 Å². The van der Waals surface area contributed by atoms with Gasteiger partial charge in [-0.2, -0.15) is 0 Å². The molecule has 6 heteroatoms. The second-order valence-electron chi connectivity index (χ2n) is 5.73. The molecule has 1 saturated heterocycles. The fourth-order valence-electron chi connectivity index (χ4n) is 2.86. The van der Waals surface area contributed by atoms with Gasteiger partial charge in [0.15, 0.2) is 5.96 Å². The molecule has 0 spiro atoms. The van der Waals surface area contributed by atoms with E-state index in [4.69, 9.17) is 4.74 Å². The highest BCUT2D eigenvalue weighted by Crippen LogP contribution is 2.27. The zero-order valence-electron chi connectivity index (χ0n) is 13.8. The maximum Gasteiger partial charge on any atom is 0.191 e. The van der Waals surface area contributed by atoms with E-state index in [0.29, 0.717) is 12.6 Å². The van der Waals surface area contributed by atoms with Crippen molar-refractivity contribution in [3.8, 4) is 0 Å². The molecule has 2 rings (SSSR count). The minimum Gasteiger partial charge on any atom is -0.383 e. The van der Waals surface area contributed by atoms with Crippen LogP contribution in [-0.4, -0.2) is 57.3 Å². The Kier molecular flexibility index (Phi) is 7.15. The van der Waals surface area contributed by atoms with Crippen LogP contribution in [0.25, 0.3) is 0 Å². The first-order valence-electron chi connectivity index (χ1n) is 7.98. The number of ether oxygens (including phenoxy) is 1. The van der Waals surface area contributed by atoms with Gasteiger partial charge >= 0.3 is 0 Å². The number of hydrogen-bond acceptors (Lipinski definition) is 4. The Bertz CT molecular complexity index is 443. The summed E-state index contributed by atoms with van der Waals surface area (Å²) in [6, 6.07) is 5.04. The summed E-state index contributed by atoms with van der Waals surface area (Å²) in [7, 11) is 3.53.